The lowest BCUT2D eigenvalue weighted by atomic mass is 10.1. The molecule has 8 nitrogen and oxygen atoms in total. The molecule has 0 unspecified atom stereocenters. The number of aromatic carboxylic acids is 1. The van der Waals surface area contributed by atoms with Crippen molar-refractivity contribution in [2.75, 3.05) is 29.8 Å². The minimum absolute atomic E-state index is 0.00579. The van der Waals surface area contributed by atoms with Crippen molar-refractivity contribution in [1.82, 2.24) is 4.98 Å². The molecule has 1 fully saturated rings. The van der Waals surface area contributed by atoms with Gasteiger partial charge in [-0.25, -0.2) is 9.78 Å². The number of carboxylic acid groups (broad SMARTS) is 1. The van der Waals surface area contributed by atoms with Gasteiger partial charge in [0.15, 0.2) is 5.03 Å². The van der Waals surface area contributed by atoms with E-state index in [-0.39, 0.29) is 22.0 Å². The summed E-state index contributed by atoms with van der Waals surface area (Å²) in [6.07, 6.45) is 3.67. The molecular formula is C22H23N3O5S2. The number of ether oxygens (including phenoxy) is 1. The van der Waals surface area contributed by atoms with Gasteiger partial charge in [-0.15, -0.1) is 11.3 Å². The van der Waals surface area contributed by atoms with Gasteiger partial charge < -0.3 is 14.7 Å². The molecule has 1 aromatic heterocycles. The number of nitrogens with zero attached hydrogens (tertiary/aromatic N) is 2. The maximum absolute atomic E-state index is 12.8. The summed E-state index contributed by atoms with van der Waals surface area (Å²) >= 11 is 1.24. The van der Waals surface area contributed by atoms with Crippen molar-refractivity contribution in [2.45, 2.75) is 24.3 Å². The Morgan fingerprint density at radius 1 is 1.12 bits per heavy atom. The lowest BCUT2D eigenvalue weighted by molar-refractivity contribution is 0.0696. The Kier molecular flexibility index (Phi) is 6.33. The number of benzene rings is 2. The van der Waals surface area contributed by atoms with Crippen molar-refractivity contribution in [1.29, 1.82) is 0 Å². The van der Waals surface area contributed by atoms with Crippen molar-refractivity contribution < 1.29 is 23.1 Å². The van der Waals surface area contributed by atoms with Crippen LogP contribution in [0, 0.1) is 0 Å². The SMILES string of the molecule is COc1cc(C(=O)O)ccc1NS(=O)(=O)c1csc(-c2ccc(N3CCCCC3)cc2)n1. The molecule has 1 saturated heterocycles. The average Bonchev–Trinajstić information content (AvgIpc) is 3.31. The van der Waals surface area contributed by atoms with E-state index >= 15 is 0 Å². The van der Waals surface area contributed by atoms with E-state index < -0.39 is 16.0 Å². The molecule has 2 heterocycles. The molecule has 2 aromatic carbocycles. The zero-order valence-corrected chi connectivity index (χ0v) is 19.1. The van der Waals surface area contributed by atoms with Crippen molar-refractivity contribution in [3.8, 4) is 16.3 Å². The van der Waals surface area contributed by atoms with Crippen molar-refractivity contribution in [3.05, 3.63) is 53.4 Å². The zero-order chi connectivity index (χ0) is 22.7. The van der Waals surface area contributed by atoms with Crippen LogP contribution in [-0.4, -0.2) is 44.7 Å². The van der Waals surface area contributed by atoms with Crippen LogP contribution in [0.4, 0.5) is 11.4 Å². The van der Waals surface area contributed by atoms with Crippen molar-refractivity contribution in [2.24, 2.45) is 0 Å². The van der Waals surface area contributed by atoms with E-state index in [4.69, 9.17) is 9.84 Å². The van der Waals surface area contributed by atoms with Crippen LogP contribution in [0.3, 0.4) is 0 Å². The van der Waals surface area contributed by atoms with Gasteiger partial charge in [-0.2, -0.15) is 8.42 Å². The van der Waals surface area contributed by atoms with E-state index in [1.165, 1.54) is 61.3 Å². The molecule has 168 valence electrons. The molecule has 0 radical (unpaired) electrons. The molecule has 1 aliphatic rings. The summed E-state index contributed by atoms with van der Waals surface area (Å²) in [6.45, 7) is 2.11. The summed E-state index contributed by atoms with van der Waals surface area (Å²) in [4.78, 5) is 17.8. The predicted molar refractivity (Wildman–Crippen MR) is 124 cm³/mol. The number of piperidine rings is 1. The summed E-state index contributed by atoms with van der Waals surface area (Å²) < 4.78 is 33.3. The van der Waals surface area contributed by atoms with E-state index in [0.29, 0.717) is 5.01 Å². The minimum Gasteiger partial charge on any atom is -0.495 e. The first-order chi connectivity index (χ1) is 15.4. The van der Waals surface area contributed by atoms with Gasteiger partial charge >= 0.3 is 5.97 Å². The first kappa shape index (κ1) is 22.1. The molecule has 3 aromatic rings. The smallest absolute Gasteiger partial charge is 0.335 e. The van der Waals surface area contributed by atoms with Crippen LogP contribution in [-0.2, 0) is 10.0 Å². The first-order valence-electron chi connectivity index (χ1n) is 10.1. The Hall–Kier alpha value is -3.11. The lowest BCUT2D eigenvalue weighted by Gasteiger charge is -2.28. The number of nitrogens with one attached hydrogen (secondary N) is 1. The molecule has 0 atom stereocenters. The number of hydrogen-bond acceptors (Lipinski definition) is 7. The van der Waals surface area contributed by atoms with Gasteiger partial charge in [0.05, 0.1) is 18.4 Å². The van der Waals surface area contributed by atoms with Crippen LogP contribution in [0.5, 0.6) is 5.75 Å². The van der Waals surface area contributed by atoms with E-state index in [0.717, 1.165) is 24.3 Å². The van der Waals surface area contributed by atoms with Crippen LogP contribution < -0.4 is 14.4 Å². The maximum atomic E-state index is 12.8. The van der Waals surface area contributed by atoms with E-state index in [2.05, 4.69) is 14.6 Å². The highest BCUT2D eigenvalue weighted by Gasteiger charge is 2.21. The lowest BCUT2D eigenvalue weighted by Crippen LogP contribution is -2.29. The molecule has 0 spiro atoms. The molecule has 4 rings (SSSR count). The summed E-state index contributed by atoms with van der Waals surface area (Å²) in [5.41, 5.74) is 2.14. The number of carboxylic acids is 1. The highest BCUT2D eigenvalue weighted by Crippen LogP contribution is 2.31. The third kappa shape index (κ3) is 4.71. The number of anilines is 2. The Labute approximate surface area is 190 Å². The second-order valence-electron chi connectivity index (χ2n) is 7.41. The number of hydrogen-bond donors (Lipinski definition) is 2. The molecule has 32 heavy (non-hydrogen) atoms. The quantitative estimate of drug-likeness (QED) is 0.526. The van der Waals surface area contributed by atoms with Gasteiger partial charge in [-0.3, -0.25) is 4.72 Å². The molecule has 2 N–H and O–H groups in total. The van der Waals surface area contributed by atoms with Gasteiger partial charge in [-0.1, -0.05) is 0 Å². The van der Waals surface area contributed by atoms with Gasteiger partial charge in [0.25, 0.3) is 10.0 Å². The normalized spacial score (nSPS) is 14.2. The van der Waals surface area contributed by atoms with Crippen molar-refractivity contribution in [3.63, 3.8) is 0 Å². The second-order valence-corrected chi connectivity index (χ2v) is 9.90. The van der Waals surface area contributed by atoms with Gasteiger partial charge in [0.1, 0.15) is 10.8 Å². The van der Waals surface area contributed by atoms with Crippen LogP contribution >= 0.6 is 11.3 Å². The molecule has 0 amide bonds. The van der Waals surface area contributed by atoms with Crippen LogP contribution in [0.15, 0.2) is 52.9 Å². The number of rotatable bonds is 7. The van der Waals surface area contributed by atoms with Crippen molar-refractivity contribution >= 4 is 38.7 Å². The van der Waals surface area contributed by atoms with Crippen LogP contribution in [0.1, 0.15) is 29.6 Å². The zero-order valence-electron chi connectivity index (χ0n) is 17.4. The Morgan fingerprint density at radius 2 is 1.84 bits per heavy atom. The Morgan fingerprint density at radius 3 is 2.50 bits per heavy atom. The van der Waals surface area contributed by atoms with Crippen LogP contribution in [0.25, 0.3) is 10.6 Å². The summed E-state index contributed by atoms with van der Waals surface area (Å²) in [5.74, 6) is -1.02. The highest BCUT2D eigenvalue weighted by molar-refractivity contribution is 7.92. The fraction of sp³-hybridized carbons (Fsp3) is 0.273. The van der Waals surface area contributed by atoms with E-state index in [9.17, 15) is 13.2 Å². The first-order valence-corrected chi connectivity index (χ1v) is 12.5. The van der Waals surface area contributed by atoms with Gasteiger partial charge in [0, 0.05) is 29.7 Å². The summed E-state index contributed by atoms with van der Waals surface area (Å²) in [7, 11) is -2.64. The number of methoxy groups -OCH3 is 1. The maximum Gasteiger partial charge on any atom is 0.335 e. The predicted octanol–water partition coefficient (Wildman–Crippen LogP) is 4.31. The molecular weight excluding hydrogens is 450 g/mol. The molecule has 0 saturated carbocycles. The minimum atomic E-state index is -3.98. The molecule has 10 heteroatoms. The third-order valence-electron chi connectivity index (χ3n) is 5.29. The fourth-order valence-corrected chi connectivity index (χ4v) is 5.76. The summed E-state index contributed by atoms with van der Waals surface area (Å²) in [6, 6.07) is 11.9. The summed E-state index contributed by atoms with van der Waals surface area (Å²) in [5, 5.41) is 11.1. The number of aromatic nitrogens is 1. The Bertz CT molecular complexity index is 1220. The monoisotopic (exact) mass is 473 g/mol. The fourth-order valence-electron chi connectivity index (χ4n) is 3.59. The standard InChI is InChI=1S/C22H23N3O5S2/c1-30-19-13-16(22(26)27)7-10-18(19)24-32(28,29)20-14-31-21(23-20)15-5-8-17(9-6-15)25-11-3-2-4-12-25/h5-10,13-14,24H,2-4,11-12H2,1H3,(H,26,27). The van der Waals surface area contributed by atoms with E-state index in [1.807, 2.05) is 24.3 Å². The largest absolute Gasteiger partial charge is 0.495 e. The second kappa shape index (κ2) is 9.17. The molecule has 0 aliphatic carbocycles. The van der Waals surface area contributed by atoms with Crippen LogP contribution in [0.2, 0.25) is 0 Å². The van der Waals surface area contributed by atoms with E-state index in [1.54, 1.807) is 0 Å². The number of sulfonamides is 1. The number of carbonyl (C=O) groups is 1. The average molecular weight is 474 g/mol. The van der Waals surface area contributed by atoms with Gasteiger partial charge in [0.2, 0.25) is 0 Å². The topological polar surface area (TPSA) is 109 Å². The number of thiazole rings is 1. The molecule has 1 aliphatic heterocycles. The van der Waals surface area contributed by atoms with Gasteiger partial charge in [-0.05, 0) is 61.7 Å². The highest BCUT2D eigenvalue weighted by atomic mass is 32.2. The molecule has 0 bridgehead atoms. The Balaban J connectivity index is 1.53. The third-order valence-corrected chi connectivity index (χ3v) is 7.58.